The molecule has 19 heavy (non-hydrogen) atoms. The van der Waals surface area contributed by atoms with Gasteiger partial charge in [-0.05, 0) is 52.2 Å². The molecule has 0 fully saturated rings. The standard InChI is InChI=1S/C15H17BrN2O/c1-2-19-15-6-5-12(8-14(15)16)9-18-11-13-4-3-7-17-10-13/h3-8,10,18H,2,9,11H2,1H3. The van der Waals surface area contributed by atoms with Crippen molar-refractivity contribution in [1.82, 2.24) is 10.3 Å². The Bertz CT molecular complexity index is 517. The van der Waals surface area contributed by atoms with Crippen molar-refractivity contribution < 1.29 is 4.74 Å². The molecule has 0 saturated carbocycles. The van der Waals surface area contributed by atoms with E-state index in [1.54, 1.807) is 6.20 Å². The molecule has 1 N–H and O–H groups in total. The molecule has 0 aliphatic rings. The van der Waals surface area contributed by atoms with Crippen LogP contribution in [0.25, 0.3) is 0 Å². The molecular weight excluding hydrogens is 304 g/mol. The van der Waals surface area contributed by atoms with Gasteiger partial charge in [0.05, 0.1) is 11.1 Å². The van der Waals surface area contributed by atoms with Gasteiger partial charge in [-0.25, -0.2) is 0 Å². The van der Waals surface area contributed by atoms with E-state index in [4.69, 9.17) is 4.74 Å². The van der Waals surface area contributed by atoms with E-state index in [9.17, 15) is 0 Å². The Morgan fingerprint density at radius 2 is 2.05 bits per heavy atom. The van der Waals surface area contributed by atoms with Gasteiger partial charge >= 0.3 is 0 Å². The second-order valence-electron chi connectivity index (χ2n) is 4.16. The molecule has 0 radical (unpaired) electrons. The minimum Gasteiger partial charge on any atom is -0.493 e. The number of rotatable bonds is 6. The molecule has 0 saturated heterocycles. The van der Waals surface area contributed by atoms with Gasteiger partial charge in [0.25, 0.3) is 0 Å². The van der Waals surface area contributed by atoms with E-state index in [-0.39, 0.29) is 0 Å². The quantitative estimate of drug-likeness (QED) is 0.884. The zero-order valence-corrected chi connectivity index (χ0v) is 12.5. The van der Waals surface area contributed by atoms with Crippen LogP contribution >= 0.6 is 15.9 Å². The summed E-state index contributed by atoms with van der Waals surface area (Å²) in [5.41, 5.74) is 2.41. The highest BCUT2D eigenvalue weighted by molar-refractivity contribution is 9.10. The van der Waals surface area contributed by atoms with Crippen LogP contribution in [0.5, 0.6) is 5.75 Å². The molecule has 3 nitrogen and oxygen atoms in total. The Hall–Kier alpha value is -1.39. The fourth-order valence-corrected chi connectivity index (χ4v) is 2.32. The molecule has 100 valence electrons. The van der Waals surface area contributed by atoms with Crippen LogP contribution in [0.2, 0.25) is 0 Å². The number of benzene rings is 1. The summed E-state index contributed by atoms with van der Waals surface area (Å²) in [5, 5.41) is 3.40. The normalized spacial score (nSPS) is 10.4. The lowest BCUT2D eigenvalue weighted by atomic mass is 10.2. The topological polar surface area (TPSA) is 34.1 Å². The van der Waals surface area contributed by atoms with Crippen LogP contribution in [-0.4, -0.2) is 11.6 Å². The Morgan fingerprint density at radius 1 is 1.21 bits per heavy atom. The second kappa shape index (κ2) is 7.26. The SMILES string of the molecule is CCOc1ccc(CNCc2cccnc2)cc1Br. The lowest BCUT2D eigenvalue weighted by Gasteiger charge is -2.09. The Kier molecular flexibility index (Phi) is 5.36. The van der Waals surface area contributed by atoms with Crippen LogP contribution in [-0.2, 0) is 13.1 Å². The van der Waals surface area contributed by atoms with E-state index in [1.165, 1.54) is 11.1 Å². The van der Waals surface area contributed by atoms with Crippen LogP contribution < -0.4 is 10.1 Å². The third kappa shape index (κ3) is 4.33. The highest BCUT2D eigenvalue weighted by Crippen LogP contribution is 2.25. The first-order valence-electron chi connectivity index (χ1n) is 6.30. The van der Waals surface area contributed by atoms with Crippen LogP contribution in [0.1, 0.15) is 18.1 Å². The number of ether oxygens (including phenoxy) is 1. The van der Waals surface area contributed by atoms with Crippen molar-refractivity contribution in [2.75, 3.05) is 6.61 Å². The van der Waals surface area contributed by atoms with Crippen molar-refractivity contribution in [3.8, 4) is 5.75 Å². The van der Waals surface area contributed by atoms with Crippen molar-refractivity contribution >= 4 is 15.9 Å². The van der Waals surface area contributed by atoms with E-state index in [2.05, 4.69) is 44.4 Å². The number of aromatic nitrogens is 1. The van der Waals surface area contributed by atoms with Gasteiger partial charge in [0.2, 0.25) is 0 Å². The summed E-state index contributed by atoms with van der Waals surface area (Å²) in [6.45, 7) is 4.30. The molecule has 0 atom stereocenters. The molecule has 4 heteroatoms. The van der Waals surface area contributed by atoms with E-state index in [0.717, 1.165) is 23.3 Å². The summed E-state index contributed by atoms with van der Waals surface area (Å²) >= 11 is 3.52. The molecule has 0 unspecified atom stereocenters. The van der Waals surface area contributed by atoms with Crippen LogP contribution in [0.3, 0.4) is 0 Å². The average Bonchev–Trinajstić information content (AvgIpc) is 2.43. The van der Waals surface area contributed by atoms with Crippen LogP contribution in [0.15, 0.2) is 47.2 Å². The second-order valence-corrected chi connectivity index (χ2v) is 5.02. The summed E-state index contributed by atoms with van der Waals surface area (Å²) in [4.78, 5) is 4.09. The zero-order valence-electron chi connectivity index (χ0n) is 10.9. The summed E-state index contributed by atoms with van der Waals surface area (Å²) in [6, 6.07) is 10.2. The predicted octanol–water partition coefficient (Wildman–Crippen LogP) is 3.53. The molecule has 1 aromatic carbocycles. The zero-order chi connectivity index (χ0) is 13.5. The maximum Gasteiger partial charge on any atom is 0.133 e. The van der Waals surface area contributed by atoms with Gasteiger partial charge in [0.15, 0.2) is 0 Å². The molecule has 0 bridgehead atoms. The highest BCUT2D eigenvalue weighted by atomic mass is 79.9. The third-order valence-corrected chi connectivity index (χ3v) is 3.30. The van der Waals surface area contributed by atoms with Gasteiger partial charge in [-0.2, -0.15) is 0 Å². The molecule has 0 aliphatic carbocycles. The van der Waals surface area contributed by atoms with E-state index in [1.807, 2.05) is 25.3 Å². The van der Waals surface area contributed by atoms with E-state index in [0.29, 0.717) is 6.61 Å². The minimum absolute atomic E-state index is 0.678. The van der Waals surface area contributed by atoms with Crippen molar-refractivity contribution in [3.63, 3.8) is 0 Å². The lowest BCUT2D eigenvalue weighted by molar-refractivity contribution is 0.338. The molecule has 2 aromatic rings. The predicted molar refractivity (Wildman–Crippen MR) is 80.1 cm³/mol. The lowest BCUT2D eigenvalue weighted by Crippen LogP contribution is -2.12. The Labute approximate surface area is 122 Å². The first-order valence-corrected chi connectivity index (χ1v) is 7.09. The maximum atomic E-state index is 5.49. The van der Waals surface area contributed by atoms with Crippen molar-refractivity contribution in [2.45, 2.75) is 20.0 Å². The molecule has 0 aliphatic heterocycles. The third-order valence-electron chi connectivity index (χ3n) is 2.68. The van der Waals surface area contributed by atoms with Crippen molar-refractivity contribution in [1.29, 1.82) is 0 Å². The van der Waals surface area contributed by atoms with Gasteiger partial charge in [0, 0.05) is 25.5 Å². The Balaban J connectivity index is 1.88. The molecule has 1 heterocycles. The van der Waals surface area contributed by atoms with Gasteiger partial charge < -0.3 is 10.1 Å². The molecule has 0 amide bonds. The summed E-state index contributed by atoms with van der Waals surface area (Å²) in [6.07, 6.45) is 3.66. The molecule has 2 rings (SSSR count). The summed E-state index contributed by atoms with van der Waals surface area (Å²) < 4.78 is 6.49. The van der Waals surface area contributed by atoms with E-state index >= 15 is 0 Å². The van der Waals surface area contributed by atoms with Crippen LogP contribution in [0, 0.1) is 0 Å². The van der Waals surface area contributed by atoms with E-state index < -0.39 is 0 Å². The number of nitrogens with one attached hydrogen (secondary N) is 1. The summed E-state index contributed by atoms with van der Waals surface area (Å²) in [5.74, 6) is 0.888. The van der Waals surface area contributed by atoms with Crippen LogP contribution in [0.4, 0.5) is 0 Å². The first-order chi connectivity index (χ1) is 9.29. The Morgan fingerprint density at radius 3 is 2.74 bits per heavy atom. The fourth-order valence-electron chi connectivity index (χ4n) is 1.78. The minimum atomic E-state index is 0.678. The average molecular weight is 321 g/mol. The number of hydrogen-bond acceptors (Lipinski definition) is 3. The largest absolute Gasteiger partial charge is 0.493 e. The van der Waals surface area contributed by atoms with Gasteiger partial charge in [-0.15, -0.1) is 0 Å². The maximum absolute atomic E-state index is 5.49. The van der Waals surface area contributed by atoms with Gasteiger partial charge in [-0.1, -0.05) is 12.1 Å². The monoisotopic (exact) mass is 320 g/mol. The van der Waals surface area contributed by atoms with Crippen molar-refractivity contribution in [2.24, 2.45) is 0 Å². The van der Waals surface area contributed by atoms with Crippen molar-refractivity contribution in [3.05, 3.63) is 58.3 Å². The molecule has 0 spiro atoms. The fraction of sp³-hybridized carbons (Fsp3) is 0.267. The number of nitrogens with zero attached hydrogens (tertiary/aromatic N) is 1. The highest BCUT2D eigenvalue weighted by Gasteiger charge is 2.02. The molecular formula is C15H17BrN2O. The molecule has 1 aromatic heterocycles. The number of hydrogen-bond donors (Lipinski definition) is 1. The summed E-state index contributed by atoms with van der Waals surface area (Å²) in [7, 11) is 0. The smallest absolute Gasteiger partial charge is 0.133 e. The van der Waals surface area contributed by atoms with Gasteiger partial charge in [-0.3, -0.25) is 4.98 Å². The van der Waals surface area contributed by atoms with Gasteiger partial charge in [0.1, 0.15) is 5.75 Å². The number of pyridine rings is 1. The number of halogens is 1. The first kappa shape index (κ1) is 14.0.